The van der Waals surface area contributed by atoms with Crippen molar-refractivity contribution in [1.82, 2.24) is 42.5 Å². The quantitative estimate of drug-likeness (QED) is 0.0725. The number of rotatable bonds is 16. The molecule has 5 saturated heterocycles. The van der Waals surface area contributed by atoms with E-state index in [9.17, 15) is 105 Å². The number of halogens is 64. The molecule has 752 valence electrons. The van der Waals surface area contributed by atoms with E-state index in [0.717, 1.165) is 21.3 Å². The van der Waals surface area contributed by atoms with Gasteiger partial charge in [0, 0.05) is 47.3 Å². The molecular weight excluding hydrogens is 2000 g/mol. The van der Waals surface area contributed by atoms with E-state index in [1.54, 1.807) is 0 Å². The fraction of sp³-hybridized carbons (Fsp3) is 1.00. The van der Waals surface area contributed by atoms with Crippen LogP contribution in [-0.2, 0) is 0 Å². The van der Waals surface area contributed by atoms with Crippen molar-refractivity contribution >= 4 is 0 Å². The van der Waals surface area contributed by atoms with Gasteiger partial charge in [-0.2, -0.15) is 246 Å². The van der Waals surface area contributed by atoms with Crippen molar-refractivity contribution in [3.8, 4) is 0 Å². The molecule has 9 aliphatic rings. The van der Waals surface area contributed by atoms with Gasteiger partial charge in [-0.05, 0) is 0 Å². The first kappa shape index (κ1) is 107. The maximum Gasteiger partial charge on any atom is 0.459 e. The van der Waals surface area contributed by atoms with Crippen LogP contribution in [-0.4, -0.2) is 243 Å². The maximum absolute atomic E-state index is 18.0. The molecule has 5 aliphatic heterocycles. The van der Waals surface area contributed by atoms with Gasteiger partial charge in [-0.1, -0.05) is 0 Å². The zero-order valence-electron chi connectivity index (χ0n) is 58.7. The highest BCUT2D eigenvalue weighted by Crippen LogP contribution is 2.72. The average Bonchev–Trinajstić information content (AvgIpc) is 1.36. The number of alkyl halides is 64. The van der Waals surface area contributed by atoms with Crippen LogP contribution in [0.1, 0.15) is 0 Å². The van der Waals surface area contributed by atoms with Crippen LogP contribution in [0.2, 0.25) is 0 Å². The van der Waals surface area contributed by atoms with Crippen molar-refractivity contribution < 1.29 is 281 Å². The first-order chi connectivity index (χ1) is 56.1. The summed E-state index contributed by atoms with van der Waals surface area (Å²) in [5.74, 6) is -235. The second-order valence-electron chi connectivity index (χ2n) is 31.1. The van der Waals surface area contributed by atoms with E-state index in [-0.39, 0.29) is 0 Å². The lowest BCUT2D eigenvalue weighted by Crippen LogP contribution is -2.72. The largest absolute Gasteiger partial charge is 0.459 e. The van der Waals surface area contributed by atoms with Crippen molar-refractivity contribution in [3.63, 3.8) is 0 Å². The summed E-state index contributed by atoms with van der Waals surface area (Å²) in [7, 11) is 0. The van der Waals surface area contributed by atoms with Gasteiger partial charge in [0.2, 0.25) is 0 Å². The average molecular weight is 2040 g/mol. The lowest BCUT2D eigenvalue weighted by Gasteiger charge is -2.53. The molecule has 0 amide bonds. The minimum atomic E-state index is -8.83. The molecule has 5 heterocycles. The number of fused-ring (bicyclic) bond motifs is 20. The van der Waals surface area contributed by atoms with Gasteiger partial charge >= 0.3 is 144 Å². The first-order valence-electron chi connectivity index (χ1n) is 33.9. The molecular formula is C56H40F64N8. The van der Waals surface area contributed by atoms with Gasteiger partial charge in [0.05, 0.1) is 96.7 Å². The highest BCUT2D eigenvalue weighted by atomic mass is 19.5. The fourth-order valence-electron chi connectivity index (χ4n) is 18.7. The summed E-state index contributed by atoms with van der Waals surface area (Å²) < 4.78 is 990. The molecule has 9 fully saturated rings. The summed E-state index contributed by atoms with van der Waals surface area (Å²) in [6.07, 6.45) is -156. The number of hydrogen-bond acceptors (Lipinski definition) is 8. The van der Waals surface area contributed by atoms with Crippen LogP contribution in [0.5, 0.6) is 0 Å². The summed E-state index contributed by atoms with van der Waals surface area (Å²) in [4.78, 5) is 0. The second-order valence-corrected chi connectivity index (χ2v) is 31.1. The molecule has 24 atom stereocenters. The van der Waals surface area contributed by atoms with Gasteiger partial charge in [-0.3, -0.25) is 42.5 Å². The van der Waals surface area contributed by atoms with E-state index in [1.165, 1.54) is 0 Å². The Morgan fingerprint density at radius 2 is 0.172 bits per heavy atom. The molecule has 0 aromatic rings. The highest BCUT2D eigenvalue weighted by molar-refractivity contribution is 5.26. The second kappa shape index (κ2) is 30.3. The SMILES string of the molecule is FC1C2C3NC(NC4NC(NC5NC(NC6NC(N3)C3C(F)C(C(F)(F)C(F)(F)C(F)(F)F)C(C(F)(F)C(F)(F)C(F)(F)F)C(F)C63)C3C(F)C(C(F)(F)C(F)(F)C(F)(F)F)C(C(F)(F)C(F)(F)C(F)(F)F)C(F)C53)C3C(F)C(C(F)(F)C(F)(F)C(F)(F)F)C(C(F)(F)C(F)(F)C(F)(F)F)C(F)C43)C2C(F)C(C(F)(F)C(F)(F)C(F)(F)F)C1C(F)(F)C(F)(F)C(F)(F)F. The molecule has 8 bridgehead atoms. The van der Waals surface area contributed by atoms with Gasteiger partial charge in [0.1, 0.15) is 49.4 Å². The van der Waals surface area contributed by atoms with Crippen LogP contribution < -0.4 is 42.5 Å². The zero-order valence-corrected chi connectivity index (χ0v) is 58.7. The molecule has 24 unspecified atom stereocenters. The van der Waals surface area contributed by atoms with Crippen LogP contribution in [0.4, 0.5) is 281 Å². The summed E-state index contributed by atoms with van der Waals surface area (Å²) in [6, 6.07) is 0. The molecule has 72 heteroatoms. The van der Waals surface area contributed by atoms with Crippen LogP contribution in [0, 0.1) is 94.7 Å². The van der Waals surface area contributed by atoms with Gasteiger partial charge < -0.3 is 0 Å². The third-order valence-electron chi connectivity index (χ3n) is 24.5. The molecule has 0 aromatic heterocycles. The molecule has 0 radical (unpaired) electrons. The van der Waals surface area contributed by atoms with Gasteiger partial charge in [-0.25, -0.2) is 35.1 Å². The highest BCUT2D eigenvalue weighted by Gasteiger charge is 2.93. The van der Waals surface area contributed by atoms with Crippen molar-refractivity contribution in [2.24, 2.45) is 94.7 Å². The summed E-state index contributed by atoms with van der Waals surface area (Å²) in [5.41, 5.74) is 0. The van der Waals surface area contributed by atoms with E-state index in [4.69, 9.17) is 0 Å². The van der Waals surface area contributed by atoms with E-state index >= 15 is 176 Å². The molecule has 9 rings (SSSR count). The summed E-state index contributed by atoms with van der Waals surface area (Å²) >= 11 is 0. The fourth-order valence-corrected chi connectivity index (χ4v) is 18.7. The van der Waals surface area contributed by atoms with Crippen molar-refractivity contribution in [3.05, 3.63) is 0 Å². The normalized spacial score (nSPS) is 39.0. The molecule has 4 saturated carbocycles. The third-order valence-corrected chi connectivity index (χ3v) is 24.5. The summed E-state index contributed by atoms with van der Waals surface area (Å²) in [5, 5.41) is 5.33. The Morgan fingerprint density at radius 1 is 0.109 bits per heavy atom. The number of nitrogens with one attached hydrogen (secondary N) is 8. The van der Waals surface area contributed by atoms with Crippen LogP contribution in [0.3, 0.4) is 0 Å². The zero-order chi connectivity index (χ0) is 100. The van der Waals surface area contributed by atoms with E-state index in [0.29, 0.717) is 21.3 Å². The minimum absolute atomic E-state index is 0.613. The monoisotopic (exact) mass is 2040 g/mol. The van der Waals surface area contributed by atoms with E-state index < -0.39 is 338 Å². The Bertz CT molecular complexity index is 3230. The Kier molecular flexibility index (Phi) is 25.3. The molecule has 0 aromatic carbocycles. The predicted molar refractivity (Wildman–Crippen MR) is 278 cm³/mol. The summed E-state index contributed by atoms with van der Waals surface area (Å²) in [6.45, 7) is 0. The van der Waals surface area contributed by atoms with Crippen molar-refractivity contribution in [2.75, 3.05) is 0 Å². The predicted octanol–water partition coefficient (Wildman–Crippen LogP) is 18.7. The topological polar surface area (TPSA) is 96.2 Å². The minimum Gasteiger partial charge on any atom is -0.286 e. The standard InChI is InChI=1S/C56H40F64N8/c57-17-1-2(18(58)10(34(67,68)42(83,84)50(100,101)102)9(17)33(65,66)41(81,82)49(97,98)99)26-121-25(1)125-27-3-4(20(60)12(36(71,72)44(87,88)52(106,107)108)11(19(3)59)35(69,70)43(85,86)51(103,104)105)29(122-27)127-31-7-8(24(64)16(40(79,80)48(95,96)56(118,119)120)15(23(7)63)39(77,78)47(93,94)55(115,116)117)32(124-31)128-30-6-5(28(123-30)126-26)21(61)13(37(73,74)45(89,90)53(109,110)111)14(22(6)62)38(75,76)46(91,92)54(112,113)114/h1-32,121-128H. The first-order valence-corrected chi connectivity index (χ1v) is 33.9. The Balaban J connectivity index is 1.47. The maximum atomic E-state index is 18.0. The number of hydrogen-bond donors (Lipinski definition) is 8. The van der Waals surface area contributed by atoms with E-state index in [2.05, 4.69) is 0 Å². The van der Waals surface area contributed by atoms with Crippen molar-refractivity contribution in [1.29, 1.82) is 0 Å². The molecule has 0 spiro atoms. The Labute approximate surface area is 661 Å². The van der Waals surface area contributed by atoms with Crippen LogP contribution in [0.15, 0.2) is 0 Å². The van der Waals surface area contributed by atoms with Gasteiger partial charge in [0.15, 0.2) is 0 Å². The molecule has 4 aliphatic carbocycles. The molecule has 128 heavy (non-hydrogen) atoms. The molecule has 8 N–H and O–H groups in total. The third kappa shape index (κ3) is 14.5. The molecule has 8 nitrogen and oxygen atoms in total. The van der Waals surface area contributed by atoms with Gasteiger partial charge in [-0.15, -0.1) is 0 Å². The van der Waals surface area contributed by atoms with Gasteiger partial charge in [0.25, 0.3) is 0 Å². The Hall–Kier alpha value is -4.80. The smallest absolute Gasteiger partial charge is 0.286 e. The van der Waals surface area contributed by atoms with Crippen LogP contribution >= 0.6 is 0 Å². The van der Waals surface area contributed by atoms with E-state index in [1.807, 2.05) is 0 Å². The lowest BCUT2D eigenvalue weighted by atomic mass is 9.59. The van der Waals surface area contributed by atoms with Crippen LogP contribution in [0.25, 0.3) is 0 Å². The Morgan fingerprint density at radius 3 is 0.227 bits per heavy atom. The van der Waals surface area contributed by atoms with Crippen molar-refractivity contribution in [2.45, 2.75) is 243 Å². The lowest BCUT2D eigenvalue weighted by molar-refractivity contribution is -0.408.